The van der Waals surface area contributed by atoms with Crippen LogP contribution < -0.4 is 10.6 Å². The van der Waals surface area contributed by atoms with Gasteiger partial charge in [-0.15, -0.1) is 0 Å². The van der Waals surface area contributed by atoms with Crippen molar-refractivity contribution in [1.29, 1.82) is 0 Å². The molecule has 4 rings (SSSR count). The van der Waals surface area contributed by atoms with Gasteiger partial charge in [0, 0.05) is 31.7 Å². The highest BCUT2D eigenvalue weighted by molar-refractivity contribution is 6.00. The Bertz CT molecular complexity index is 1190. The summed E-state index contributed by atoms with van der Waals surface area (Å²) in [6, 6.07) is -1.23. The van der Waals surface area contributed by atoms with Crippen molar-refractivity contribution in [3.8, 4) is 0 Å². The quantitative estimate of drug-likeness (QED) is 0.264. The number of likely N-dealkylation sites (tertiary alicyclic amines) is 1. The first-order valence-electron chi connectivity index (χ1n) is 17.5. The van der Waals surface area contributed by atoms with E-state index in [1.165, 1.54) is 14.0 Å². The normalized spacial score (nSPS) is 44.2. The van der Waals surface area contributed by atoms with Crippen LogP contribution in [-0.2, 0) is 33.3 Å². The lowest BCUT2D eigenvalue weighted by atomic mass is 9.78. The van der Waals surface area contributed by atoms with Crippen LogP contribution in [0.5, 0.6) is 0 Å². The predicted octanol–water partition coefficient (Wildman–Crippen LogP) is 2.18. The molecule has 4 fully saturated rings. The number of rotatable bonds is 7. The molecule has 5 unspecified atom stereocenters. The summed E-state index contributed by atoms with van der Waals surface area (Å²) in [5.74, 6) is -6.15. The maximum atomic E-state index is 14.2. The van der Waals surface area contributed by atoms with Crippen LogP contribution >= 0.6 is 0 Å². The lowest BCUT2D eigenvalue weighted by Crippen LogP contribution is -2.63. The monoisotopic (exact) mass is 704 g/mol. The Labute approximate surface area is 289 Å². The molecule has 0 aromatic rings. The Morgan fingerprint density at radius 2 is 1.76 bits per heavy atom. The second-order valence-electron chi connectivity index (χ2n) is 15.4. The number of nitrogens with zero attached hydrogens (tertiary/aromatic N) is 2. The lowest BCUT2D eigenvalue weighted by molar-refractivity contribution is -0.301. The molecule has 0 saturated carbocycles. The summed E-state index contributed by atoms with van der Waals surface area (Å²) in [6.45, 7) is 12.5. The fourth-order valence-corrected chi connectivity index (χ4v) is 8.17. The van der Waals surface area contributed by atoms with Crippen molar-refractivity contribution in [2.45, 2.75) is 134 Å². The van der Waals surface area contributed by atoms with E-state index in [0.29, 0.717) is 25.8 Å². The summed E-state index contributed by atoms with van der Waals surface area (Å²) in [7, 11) is 5.16. The average Bonchev–Trinajstić information content (AvgIpc) is 3.33. The smallest absolute Gasteiger partial charge is 0.408 e. The Morgan fingerprint density at radius 1 is 1.10 bits per heavy atom. The highest BCUT2D eigenvalue weighted by Gasteiger charge is 2.55. The highest BCUT2D eigenvalue weighted by atomic mass is 19.3. The third-order valence-electron chi connectivity index (χ3n) is 11.1. The zero-order valence-electron chi connectivity index (χ0n) is 30.7. The first-order chi connectivity index (χ1) is 22.7. The van der Waals surface area contributed by atoms with Gasteiger partial charge in [-0.05, 0) is 73.5 Å². The van der Waals surface area contributed by atoms with Crippen molar-refractivity contribution in [2.24, 2.45) is 17.8 Å². The van der Waals surface area contributed by atoms with Crippen molar-refractivity contribution < 1.29 is 52.0 Å². The number of likely N-dealkylation sites (N-methyl/N-ethyl adjacent to an activating group) is 1. The molecule has 1 amide bonds. The Balaban J connectivity index is 1.66. The number of esters is 1. The molecule has 0 aromatic heterocycles. The SMILES string of the molecule is CC[C@H]1OC(=O)C(C)C(=O)[C@H](C)[C@@H](OC2OC(CN3CC(F)(F)C3)CC(N(C)C)C2O)[C@](C)(OC)C[C@@H](C)CN[C@H](C)[C@H]2NC(=O)O[C@@]21C. The number of carbonyl (C=O) groups excluding carboxylic acids is 3. The molecule has 0 bridgehead atoms. The van der Waals surface area contributed by atoms with Crippen molar-refractivity contribution in [1.82, 2.24) is 20.4 Å². The fraction of sp³-hybridized carbons (Fsp3) is 0.912. The summed E-state index contributed by atoms with van der Waals surface area (Å²) in [4.78, 5) is 43.7. The molecule has 0 radical (unpaired) electrons. The van der Waals surface area contributed by atoms with Gasteiger partial charge >= 0.3 is 12.1 Å². The number of amides is 1. The summed E-state index contributed by atoms with van der Waals surface area (Å²) in [5.41, 5.74) is -2.31. The van der Waals surface area contributed by atoms with E-state index in [2.05, 4.69) is 10.6 Å². The number of ketones is 1. The van der Waals surface area contributed by atoms with Crippen LogP contribution in [0.4, 0.5) is 13.6 Å². The Hall–Kier alpha value is -2.01. The van der Waals surface area contributed by atoms with Gasteiger partial charge in [0.05, 0.1) is 36.9 Å². The number of Topliss-reactive ketones (excluding diaryl/α,β-unsaturated/α-hetero) is 1. The molecule has 49 heavy (non-hydrogen) atoms. The Kier molecular flexibility index (Phi) is 12.4. The van der Waals surface area contributed by atoms with Gasteiger partial charge in [0.25, 0.3) is 5.92 Å². The van der Waals surface area contributed by atoms with Crippen LogP contribution in [-0.4, -0.2) is 146 Å². The van der Waals surface area contributed by atoms with Crippen LogP contribution in [0.2, 0.25) is 0 Å². The Morgan fingerprint density at radius 3 is 2.33 bits per heavy atom. The number of cyclic esters (lactones) is 1. The lowest BCUT2D eigenvalue weighted by Gasteiger charge is -2.48. The number of hydrogen-bond acceptors (Lipinski definition) is 12. The zero-order chi connectivity index (χ0) is 36.6. The van der Waals surface area contributed by atoms with Crippen LogP contribution in [0, 0.1) is 17.8 Å². The molecule has 0 aliphatic carbocycles. The van der Waals surface area contributed by atoms with Gasteiger partial charge in [-0.3, -0.25) is 14.5 Å². The molecular formula is C34H58F2N4O9. The largest absolute Gasteiger partial charge is 0.458 e. The number of aliphatic hydroxyl groups excluding tert-OH is 1. The van der Waals surface area contributed by atoms with Gasteiger partial charge in [-0.25, -0.2) is 13.6 Å². The van der Waals surface area contributed by atoms with E-state index in [1.54, 1.807) is 18.7 Å². The molecule has 282 valence electrons. The number of ether oxygens (including phenoxy) is 5. The molecule has 4 aliphatic heterocycles. The summed E-state index contributed by atoms with van der Waals surface area (Å²) in [5, 5.41) is 17.9. The molecule has 4 aliphatic rings. The number of halogens is 2. The second-order valence-corrected chi connectivity index (χ2v) is 15.4. The van der Waals surface area contributed by atoms with Crippen molar-refractivity contribution in [3.05, 3.63) is 0 Å². The zero-order valence-corrected chi connectivity index (χ0v) is 30.7. The summed E-state index contributed by atoms with van der Waals surface area (Å²) in [6.07, 6.45) is -4.19. The third kappa shape index (κ3) is 8.56. The predicted molar refractivity (Wildman–Crippen MR) is 175 cm³/mol. The number of fused-ring (bicyclic) bond motifs is 1. The van der Waals surface area contributed by atoms with Crippen molar-refractivity contribution in [2.75, 3.05) is 47.4 Å². The second kappa shape index (κ2) is 15.3. The number of methoxy groups -OCH3 is 1. The van der Waals surface area contributed by atoms with Gasteiger partial charge in [0.2, 0.25) is 0 Å². The number of aliphatic hydroxyl groups is 1. The minimum Gasteiger partial charge on any atom is -0.458 e. The van der Waals surface area contributed by atoms with E-state index in [9.17, 15) is 28.3 Å². The molecular weight excluding hydrogens is 646 g/mol. The molecule has 13 atom stereocenters. The number of alkyl carbamates (subject to hydrolysis) is 1. The minimum absolute atomic E-state index is 0.0416. The van der Waals surface area contributed by atoms with Crippen molar-refractivity contribution in [3.63, 3.8) is 0 Å². The average molecular weight is 705 g/mol. The fourth-order valence-electron chi connectivity index (χ4n) is 8.17. The molecule has 4 heterocycles. The van der Waals surface area contributed by atoms with Crippen LogP contribution in [0.15, 0.2) is 0 Å². The van der Waals surface area contributed by atoms with E-state index in [4.69, 9.17) is 23.7 Å². The van der Waals surface area contributed by atoms with Crippen LogP contribution in [0.3, 0.4) is 0 Å². The van der Waals surface area contributed by atoms with E-state index >= 15 is 0 Å². The maximum absolute atomic E-state index is 14.2. The minimum atomic E-state index is -2.73. The highest BCUT2D eigenvalue weighted by Crippen LogP contribution is 2.38. The van der Waals surface area contributed by atoms with E-state index in [1.807, 2.05) is 46.7 Å². The molecule has 3 N–H and O–H groups in total. The number of nitrogens with one attached hydrogen (secondary N) is 2. The molecule has 4 saturated heterocycles. The number of carbonyl (C=O) groups is 3. The molecule has 0 aromatic carbocycles. The van der Waals surface area contributed by atoms with Gasteiger partial charge in [-0.1, -0.05) is 20.8 Å². The summed E-state index contributed by atoms with van der Waals surface area (Å²) >= 11 is 0. The molecule has 0 spiro atoms. The summed E-state index contributed by atoms with van der Waals surface area (Å²) < 4.78 is 58.0. The molecule has 13 nitrogen and oxygen atoms in total. The third-order valence-corrected chi connectivity index (χ3v) is 11.1. The maximum Gasteiger partial charge on any atom is 0.408 e. The first kappa shape index (κ1) is 39.8. The molecule has 15 heteroatoms. The van der Waals surface area contributed by atoms with Crippen LogP contribution in [0.1, 0.15) is 67.7 Å². The topological polar surface area (TPSA) is 148 Å². The standard InChI is InChI=1S/C34H58F2N4O9/c1-11-24-33(7)27(38-31(44)49-33)21(5)37-14-18(2)13-32(6,45-10)28(19(3)25(41)20(4)29(43)47-24)48-30-26(42)23(39(8)9)12-22(46-30)15-40-16-34(35,36)17-40/h18-24,26-28,30,37,42H,11-17H2,1-10H3,(H,38,44)/t18-,19+,20?,21-,22?,23?,24-,26?,27-,28-,30?,32-,33-/m1/s1. The van der Waals surface area contributed by atoms with Crippen LogP contribution in [0.25, 0.3) is 0 Å². The van der Waals surface area contributed by atoms with Gasteiger partial charge in [0.1, 0.15) is 18.1 Å². The van der Waals surface area contributed by atoms with E-state index < -0.39 is 89.6 Å². The van der Waals surface area contributed by atoms with E-state index in [0.717, 1.165) is 0 Å². The number of alkyl halides is 2. The van der Waals surface area contributed by atoms with Gasteiger partial charge in [0.15, 0.2) is 17.7 Å². The van der Waals surface area contributed by atoms with Crippen molar-refractivity contribution >= 4 is 17.8 Å². The number of hydrogen-bond donors (Lipinski definition) is 3. The first-order valence-corrected chi connectivity index (χ1v) is 17.5. The van der Waals surface area contributed by atoms with E-state index in [-0.39, 0.29) is 31.6 Å². The van der Waals surface area contributed by atoms with Gasteiger partial charge < -0.3 is 44.3 Å². The van der Waals surface area contributed by atoms with Gasteiger partial charge in [-0.2, -0.15) is 0 Å².